The van der Waals surface area contributed by atoms with Crippen molar-refractivity contribution in [3.8, 4) is 0 Å². The van der Waals surface area contributed by atoms with E-state index in [1.165, 1.54) is 0 Å². The van der Waals surface area contributed by atoms with E-state index in [1.54, 1.807) is 6.92 Å². The summed E-state index contributed by atoms with van der Waals surface area (Å²) in [4.78, 5) is 15.1. The Morgan fingerprint density at radius 2 is 2.20 bits per heavy atom. The summed E-state index contributed by atoms with van der Waals surface area (Å²) in [5.41, 5.74) is 0. The van der Waals surface area contributed by atoms with E-state index in [0.717, 1.165) is 18.7 Å². The first-order valence-corrected chi connectivity index (χ1v) is 5.20. The third-order valence-corrected chi connectivity index (χ3v) is 2.58. The van der Waals surface area contributed by atoms with Crippen molar-refractivity contribution in [3.63, 3.8) is 0 Å². The number of aromatic nitrogens is 3. The fraction of sp³-hybridized carbons (Fsp3) is 0.700. The average Bonchev–Trinajstić information content (AvgIpc) is 2.64. The normalized spacial score (nSPS) is 14.9. The van der Waals surface area contributed by atoms with E-state index in [1.807, 2.05) is 6.92 Å². The van der Waals surface area contributed by atoms with Crippen LogP contribution in [-0.4, -0.2) is 26.3 Å². The number of hydrogen-bond donors (Lipinski definition) is 2. The summed E-state index contributed by atoms with van der Waals surface area (Å²) < 4.78 is 0. The largest absolute Gasteiger partial charge is 0.481 e. The van der Waals surface area contributed by atoms with E-state index in [0.29, 0.717) is 5.82 Å². The summed E-state index contributed by atoms with van der Waals surface area (Å²) in [6.45, 7) is 5.56. The number of aromatic amines is 1. The standard InChI is InChI=1S/C10H17N3O2/c1-4-5-8-11-9(13-12-8)6(2)7(3)10(14)15/h6-7H,4-5H2,1-3H3,(H,14,15)(H,11,12,13). The third kappa shape index (κ3) is 2.78. The maximum absolute atomic E-state index is 10.8. The van der Waals surface area contributed by atoms with Crippen molar-refractivity contribution < 1.29 is 9.90 Å². The molecule has 1 heterocycles. The lowest BCUT2D eigenvalue weighted by molar-refractivity contribution is -0.141. The topological polar surface area (TPSA) is 78.9 Å². The van der Waals surface area contributed by atoms with Crippen LogP contribution in [0.15, 0.2) is 0 Å². The lowest BCUT2D eigenvalue weighted by atomic mass is 9.96. The first kappa shape index (κ1) is 11.7. The number of nitrogens with one attached hydrogen (secondary N) is 1. The molecular formula is C10H17N3O2. The van der Waals surface area contributed by atoms with Crippen molar-refractivity contribution in [2.45, 2.75) is 39.5 Å². The molecule has 0 aliphatic carbocycles. The average molecular weight is 211 g/mol. The summed E-state index contributed by atoms with van der Waals surface area (Å²) in [6, 6.07) is 0. The van der Waals surface area contributed by atoms with Gasteiger partial charge in [-0.25, -0.2) is 4.98 Å². The molecule has 0 saturated heterocycles. The van der Waals surface area contributed by atoms with E-state index in [-0.39, 0.29) is 5.92 Å². The molecule has 84 valence electrons. The quantitative estimate of drug-likeness (QED) is 0.775. The number of aryl methyl sites for hydroxylation is 1. The summed E-state index contributed by atoms with van der Waals surface area (Å²) in [5.74, 6) is -0.0192. The van der Waals surface area contributed by atoms with Gasteiger partial charge in [0.05, 0.1) is 5.92 Å². The van der Waals surface area contributed by atoms with Crippen LogP contribution in [0, 0.1) is 5.92 Å². The zero-order chi connectivity index (χ0) is 11.4. The fourth-order valence-electron chi connectivity index (χ4n) is 1.30. The highest BCUT2D eigenvalue weighted by molar-refractivity contribution is 5.70. The van der Waals surface area contributed by atoms with E-state index in [2.05, 4.69) is 22.1 Å². The predicted molar refractivity (Wildman–Crippen MR) is 55.6 cm³/mol. The van der Waals surface area contributed by atoms with Crippen molar-refractivity contribution >= 4 is 5.97 Å². The molecular weight excluding hydrogens is 194 g/mol. The lowest BCUT2D eigenvalue weighted by Gasteiger charge is -2.11. The van der Waals surface area contributed by atoms with Gasteiger partial charge < -0.3 is 5.11 Å². The molecule has 2 unspecified atom stereocenters. The van der Waals surface area contributed by atoms with E-state index >= 15 is 0 Å². The zero-order valence-corrected chi connectivity index (χ0v) is 9.32. The predicted octanol–water partition coefficient (Wildman–Crippen LogP) is 1.58. The second-order valence-corrected chi connectivity index (χ2v) is 3.81. The smallest absolute Gasteiger partial charge is 0.306 e. The van der Waals surface area contributed by atoms with Gasteiger partial charge in [-0.1, -0.05) is 20.8 Å². The first-order valence-electron chi connectivity index (χ1n) is 5.20. The van der Waals surface area contributed by atoms with Crippen molar-refractivity contribution in [2.24, 2.45) is 5.92 Å². The molecule has 1 aromatic rings. The molecule has 0 aliphatic heterocycles. The molecule has 0 spiro atoms. The molecule has 2 N–H and O–H groups in total. The van der Waals surface area contributed by atoms with Gasteiger partial charge >= 0.3 is 5.97 Å². The van der Waals surface area contributed by atoms with E-state index in [9.17, 15) is 4.79 Å². The van der Waals surface area contributed by atoms with Crippen molar-refractivity contribution in [1.29, 1.82) is 0 Å². The van der Waals surface area contributed by atoms with Gasteiger partial charge in [0.15, 0.2) is 5.82 Å². The van der Waals surface area contributed by atoms with E-state index < -0.39 is 11.9 Å². The molecule has 0 aromatic carbocycles. The summed E-state index contributed by atoms with van der Waals surface area (Å²) >= 11 is 0. The Bertz CT molecular complexity index is 335. The van der Waals surface area contributed by atoms with Gasteiger partial charge in [-0.05, 0) is 6.42 Å². The van der Waals surface area contributed by atoms with Crippen molar-refractivity contribution in [1.82, 2.24) is 15.2 Å². The van der Waals surface area contributed by atoms with Crippen LogP contribution in [0.4, 0.5) is 0 Å². The summed E-state index contributed by atoms with van der Waals surface area (Å²) in [5, 5.41) is 15.7. The van der Waals surface area contributed by atoms with Gasteiger partial charge in [-0.3, -0.25) is 9.89 Å². The van der Waals surface area contributed by atoms with Crippen LogP contribution >= 0.6 is 0 Å². The second-order valence-electron chi connectivity index (χ2n) is 3.81. The molecule has 0 saturated carbocycles. The minimum atomic E-state index is -0.815. The molecule has 5 heteroatoms. The monoisotopic (exact) mass is 211 g/mol. The highest BCUT2D eigenvalue weighted by Gasteiger charge is 2.24. The van der Waals surface area contributed by atoms with Crippen molar-refractivity contribution in [2.75, 3.05) is 0 Å². The highest BCUT2D eigenvalue weighted by Crippen LogP contribution is 2.20. The zero-order valence-electron chi connectivity index (χ0n) is 9.32. The first-order chi connectivity index (χ1) is 7.06. The number of rotatable bonds is 5. The number of nitrogens with zero attached hydrogens (tertiary/aromatic N) is 2. The van der Waals surface area contributed by atoms with Gasteiger partial charge in [0.1, 0.15) is 5.82 Å². The molecule has 1 aromatic heterocycles. The molecule has 5 nitrogen and oxygen atoms in total. The van der Waals surface area contributed by atoms with Crippen molar-refractivity contribution in [3.05, 3.63) is 11.6 Å². The Morgan fingerprint density at radius 3 is 2.73 bits per heavy atom. The fourth-order valence-corrected chi connectivity index (χ4v) is 1.30. The van der Waals surface area contributed by atoms with Crippen LogP contribution < -0.4 is 0 Å². The molecule has 0 radical (unpaired) electrons. The molecule has 0 fully saturated rings. The SMILES string of the molecule is CCCc1nc(C(C)C(C)C(=O)O)n[nH]1. The van der Waals surface area contributed by atoms with Crippen LogP contribution in [0.25, 0.3) is 0 Å². The summed E-state index contributed by atoms with van der Waals surface area (Å²) in [6.07, 6.45) is 1.85. The Labute approximate surface area is 88.9 Å². The van der Waals surface area contributed by atoms with Gasteiger partial charge in [0.25, 0.3) is 0 Å². The number of carboxylic acid groups (broad SMARTS) is 1. The summed E-state index contributed by atoms with van der Waals surface area (Å²) in [7, 11) is 0. The molecule has 0 aliphatic rings. The van der Waals surface area contributed by atoms with Gasteiger partial charge in [-0.2, -0.15) is 5.10 Å². The second kappa shape index (κ2) is 4.91. The minimum Gasteiger partial charge on any atom is -0.481 e. The number of carbonyl (C=O) groups is 1. The Hall–Kier alpha value is -1.39. The van der Waals surface area contributed by atoms with Crippen LogP contribution in [-0.2, 0) is 11.2 Å². The number of aliphatic carboxylic acids is 1. The number of hydrogen-bond acceptors (Lipinski definition) is 3. The Kier molecular flexibility index (Phi) is 3.82. The number of carboxylic acids is 1. The molecule has 0 amide bonds. The van der Waals surface area contributed by atoms with E-state index in [4.69, 9.17) is 5.11 Å². The Balaban J connectivity index is 2.73. The van der Waals surface area contributed by atoms with Crippen LogP contribution in [0.3, 0.4) is 0 Å². The van der Waals surface area contributed by atoms with Gasteiger partial charge in [0.2, 0.25) is 0 Å². The number of H-pyrrole nitrogens is 1. The maximum atomic E-state index is 10.8. The van der Waals surface area contributed by atoms with Gasteiger partial charge in [0, 0.05) is 12.3 Å². The molecule has 15 heavy (non-hydrogen) atoms. The lowest BCUT2D eigenvalue weighted by Crippen LogP contribution is -2.17. The molecule has 1 rings (SSSR count). The molecule has 2 atom stereocenters. The maximum Gasteiger partial charge on any atom is 0.306 e. The van der Waals surface area contributed by atoms with Crippen LogP contribution in [0.2, 0.25) is 0 Å². The highest BCUT2D eigenvalue weighted by atomic mass is 16.4. The van der Waals surface area contributed by atoms with Crippen LogP contribution in [0.5, 0.6) is 0 Å². The molecule has 0 bridgehead atoms. The van der Waals surface area contributed by atoms with Crippen LogP contribution in [0.1, 0.15) is 44.8 Å². The van der Waals surface area contributed by atoms with Gasteiger partial charge in [-0.15, -0.1) is 0 Å². The third-order valence-electron chi connectivity index (χ3n) is 2.58. The minimum absolute atomic E-state index is 0.163. The Morgan fingerprint density at radius 1 is 1.53 bits per heavy atom.